The van der Waals surface area contributed by atoms with E-state index in [-0.39, 0.29) is 42.2 Å². The van der Waals surface area contributed by atoms with Crippen molar-refractivity contribution in [3.63, 3.8) is 0 Å². The van der Waals surface area contributed by atoms with Crippen molar-refractivity contribution in [3.05, 3.63) is 78.4 Å². The van der Waals surface area contributed by atoms with E-state index in [4.69, 9.17) is 41.3 Å². The van der Waals surface area contributed by atoms with Crippen molar-refractivity contribution in [2.45, 2.75) is 45.1 Å². The van der Waals surface area contributed by atoms with Crippen molar-refractivity contribution < 1.29 is 55.8 Å². The van der Waals surface area contributed by atoms with Gasteiger partial charge in [-0.1, -0.05) is 12.1 Å². The predicted molar refractivity (Wildman–Crippen MR) is 186 cm³/mol. The second-order valence-electron chi connectivity index (χ2n) is 10.5. The van der Waals surface area contributed by atoms with Crippen LogP contribution in [0, 0.1) is 17.8 Å². The number of hydrogen-bond acceptors (Lipinski definition) is 9. The number of ether oxygens (including phenoxy) is 1. The molecule has 3 aromatic rings. The topological polar surface area (TPSA) is 231 Å². The van der Waals surface area contributed by atoms with Crippen molar-refractivity contribution in [1.82, 2.24) is 5.32 Å². The van der Waals surface area contributed by atoms with Gasteiger partial charge in [-0.05, 0) is 72.6 Å². The summed E-state index contributed by atoms with van der Waals surface area (Å²) in [6.45, 7) is 2.96. The number of nitrogens with two attached hydrogens (primary N) is 1. The van der Waals surface area contributed by atoms with Crippen LogP contribution in [0.25, 0.3) is 0 Å². The number of carboxylic acids is 1. The molecule has 278 valence electrons. The smallest absolute Gasteiger partial charge is 0.475 e. The van der Waals surface area contributed by atoms with Crippen LogP contribution in [0.15, 0.2) is 72.8 Å². The van der Waals surface area contributed by atoms with Crippen molar-refractivity contribution in [2.24, 2.45) is 5.73 Å². The molecule has 8 N–H and O–H groups in total. The predicted octanol–water partition coefficient (Wildman–Crippen LogP) is 5.90. The number of anilines is 3. The molecule has 0 fully saturated rings. The van der Waals surface area contributed by atoms with E-state index >= 15 is 0 Å². The van der Waals surface area contributed by atoms with Crippen LogP contribution in [-0.2, 0) is 30.1 Å². The highest BCUT2D eigenvalue weighted by Crippen LogP contribution is 2.54. The van der Waals surface area contributed by atoms with Gasteiger partial charge in [-0.15, -0.1) is 12.3 Å². The summed E-state index contributed by atoms with van der Waals surface area (Å²) in [5.41, 5.74) is 7.53. The van der Waals surface area contributed by atoms with Gasteiger partial charge in [0.15, 0.2) is 5.96 Å². The summed E-state index contributed by atoms with van der Waals surface area (Å²) in [6.07, 6.45) is 0.203. The molecular weight excluding hydrogens is 712 g/mol. The first-order chi connectivity index (χ1) is 24.4. The van der Waals surface area contributed by atoms with Crippen LogP contribution in [0.5, 0.6) is 11.5 Å². The lowest BCUT2D eigenvalue weighted by molar-refractivity contribution is -0.192. The Labute approximate surface area is 296 Å². The normalized spacial score (nSPS) is 11.2. The molecule has 0 saturated carbocycles. The number of carbonyl (C=O) groups excluding carboxylic acids is 3. The van der Waals surface area contributed by atoms with Gasteiger partial charge in [0.05, 0.1) is 0 Å². The monoisotopic (exact) mass is 748 g/mol. The lowest BCUT2D eigenvalue weighted by Gasteiger charge is -2.27. The molecule has 0 saturated heterocycles. The number of nitrogens with one attached hydrogen (secondary N) is 5. The van der Waals surface area contributed by atoms with Crippen molar-refractivity contribution >= 4 is 54.5 Å². The van der Waals surface area contributed by atoms with E-state index in [9.17, 15) is 32.1 Å². The zero-order valence-electron chi connectivity index (χ0n) is 27.8. The number of alkyl carbamates (subject to hydrolysis) is 1. The number of halogens is 3. The number of benzene rings is 3. The quantitative estimate of drug-likeness (QED) is 0.0337. The van der Waals surface area contributed by atoms with E-state index < -0.39 is 31.7 Å². The first-order valence-electron chi connectivity index (χ1n) is 15.0. The van der Waals surface area contributed by atoms with Crippen LogP contribution in [0.4, 0.5) is 35.0 Å². The maximum Gasteiger partial charge on any atom is 0.490 e. The fourth-order valence-electron chi connectivity index (χ4n) is 3.88. The van der Waals surface area contributed by atoms with Gasteiger partial charge in [-0.3, -0.25) is 15.0 Å². The summed E-state index contributed by atoms with van der Waals surface area (Å²) >= 11 is 0. The summed E-state index contributed by atoms with van der Waals surface area (Å²) in [7, 11) is -4.42. The second kappa shape index (κ2) is 19.8. The van der Waals surface area contributed by atoms with Gasteiger partial charge in [-0.2, -0.15) is 13.2 Å². The Bertz CT molecular complexity index is 1720. The van der Waals surface area contributed by atoms with E-state index in [1.807, 2.05) is 0 Å². The largest absolute Gasteiger partial charge is 0.490 e. The van der Waals surface area contributed by atoms with E-state index in [0.29, 0.717) is 35.5 Å². The molecule has 0 radical (unpaired) electrons. The molecule has 3 rings (SSSR count). The van der Waals surface area contributed by atoms with Crippen LogP contribution in [0.1, 0.15) is 32.3 Å². The molecular formula is C33H36F3N6O9P. The van der Waals surface area contributed by atoms with E-state index in [1.165, 1.54) is 38.1 Å². The van der Waals surface area contributed by atoms with Crippen LogP contribution in [0.2, 0.25) is 0 Å². The highest BCUT2D eigenvalue weighted by Gasteiger charge is 2.43. The number of terminal acetylenes is 1. The minimum Gasteiger partial charge on any atom is -0.475 e. The Kier molecular flexibility index (Phi) is 16.0. The Balaban J connectivity index is 0.00000121. The summed E-state index contributed by atoms with van der Waals surface area (Å²) in [5, 5.41) is 25.1. The fourth-order valence-corrected chi connectivity index (χ4v) is 5.64. The average Bonchev–Trinajstić information content (AvgIpc) is 3.05. The summed E-state index contributed by atoms with van der Waals surface area (Å²) in [5.74, 6) is -2.28. The van der Waals surface area contributed by atoms with Crippen molar-refractivity contribution in [1.29, 1.82) is 5.41 Å². The third kappa shape index (κ3) is 15.6. The molecule has 0 aromatic heterocycles. The number of unbranched alkanes of at least 4 members (excludes halogenated alkanes) is 1. The van der Waals surface area contributed by atoms with Crippen molar-refractivity contribution in [3.8, 4) is 23.8 Å². The van der Waals surface area contributed by atoms with E-state index in [1.54, 1.807) is 48.5 Å². The molecule has 3 amide bonds. The van der Waals surface area contributed by atoms with Gasteiger partial charge in [0.1, 0.15) is 11.5 Å². The first kappa shape index (κ1) is 42.0. The number of carbonyl (C=O) groups is 4. The lowest BCUT2D eigenvalue weighted by Crippen LogP contribution is -2.32. The molecule has 1 atom stereocenters. The number of amides is 3. The van der Waals surface area contributed by atoms with Crippen molar-refractivity contribution in [2.75, 3.05) is 22.5 Å². The maximum absolute atomic E-state index is 14.7. The molecule has 1 unspecified atom stereocenters. The zero-order valence-corrected chi connectivity index (χ0v) is 28.7. The molecule has 52 heavy (non-hydrogen) atoms. The number of hydrogen-bond donors (Lipinski definition) is 7. The van der Waals surface area contributed by atoms with Gasteiger partial charge in [-0.25, -0.2) is 14.2 Å². The molecule has 0 aliphatic carbocycles. The minimum atomic E-state index is -5.08. The second-order valence-corrected chi connectivity index (χ2v) is 12.5. The number of carboxylic acid groups (broad SMARTS) is 1. The maximum atomic E-state index is 14.7. The Morgan fingerprint density at radius 1 is 0.865 bits per heavy atom. The van der Waals surface area contributed by atoms with Crippen LogP contribution >= 0.6 is 7.60 Å². The summed E-state index contributed by atoms with van der Waals surface area (Å²) in [6, 6.07) is 18.8. The molecule has 15 nitrogen and oxygen atoms in total. The van der Waals surface area contributed by atoms with Gasteiger partial charge in [0, 0.05) is 50.3 Å². The lowest BCUT2D eigenvalue weighted by atomic mass is 10.1. The minimum absolute atomic E-state index is 0.0939. The number of aliphatic carboxylic acids is 1. The number of rotatable bonds is 14. The molecule has 19 heteroatoms. The number of guanidine groups is 1. The Morgan fingerprint density at radius 3 is 1.67 bits per heavy atom. The SMILES string of the molecule is C#CCCCNC(=O)OC(Cc1ccc(NC(=N)N)cc1)P(=O)(Oc1ccc(NC(C)=O)cc1)Oc1ccc(NC(C)=O)cc1.O=C(O)C(F)(F)F. The Morgan fingerprint density at radius 2 is 1.29 bits per heavy atom. The standard InChI is InChI=1S/C31H35N6O7P.C2HF3O2/c1-4-5-6-19-34-31(40)42-29(20-23-7-9-26(10-8-23)37-30(32)33)45(41,43-27-15-11-24(12-16-27)35-21(2)38)44-28-17-13-25(14-18-28)36-22(3)39;3-2(4,5)1(6)7/h1,7-18,29H,5-6,19-20H2,2-3H3,(H,34,40)(H,35,38)(H,36,39)(H4,32,33,37);(H,6,7). The van der Waals surface area contributed by atoms with E-state index in [2.05, 4.69) is 27.2 Å². The van der Waals surface area contributed by atoms with Gasteiger partial charge in [0.25, 0.3) is 0 Å². The highest BCUT2D eigenvalue weighted by atomic mass is 31.2. The van der Waals surface area contributed by atoms with Crippen LogP contribution in [-0.4, -0.2) is 53.5 Å². The number of alkyl halides is 3. The molecule has 0 spiro atoms. The first-order valence-corrected chi connectivity index (χ1v) is 16.6. The Hall–Kier alpha value is -6.21. The molecule has 0 aliphatic heterocycles. The molecule has 0 bridgehead atoms. The van der Waals surface area contributed by atoms with E-state index in [0.717, 1.165) is 0 Å². The summed E-state index contributed by atoms with van der Waals surface area (Å²) < 4.78 is 64.1. The molecule has 3 aromatic carbocycles. The zero-order chi connectivity index (χ0) is 38.9. The highest BCUT2D eigenvalue weighted by molar-refractivity contribution is 7.55. The average molecular weight is 749 g/mol. The van der Waals surface area contributed by atoms with Gasteiger partial charge < -0.3 is 45.9 Å². The molecule has 0 aliphatic rings. The fraction of sp³-hybridized carbons (Fsp3) is 0.242. The van der Waals surface area contributed by atoms with Gasteiger partial charge >= 0.3 is 25.8 Å². The van der Waals surface area contributed by atoms with Crippen LogP contribution in [0.3, 0.4) is 0 Å². The molecule has 0 heterocycles. The van der Waals surface area contributed by atoms with Gasteiger partial charge in [0.2, 0.25) is 17.7 Å². The third-order valence-corrected chi connectivity index (χ3v) is 7.99. The van der Waals surface area contributed by atoms with Crippen LogP contribution < -0.4 is 36.0 Å². The third-order valence-electron chi connectivity index (χ3n) is 6.06. The summed E-state index contributed by atoms with van der Waals surface area (Å²) in [4.78, 5) is 44.7.